The van der Waals surface area contributed by atoms with Crippen molar-refractivity contribution in [3.63, 3.8) is 0 Å². The molecule has 0 fully saturated rings. The Bertz CT molecular complexity index is 1090. The molecule has 0 radical (unpaired) electrons. The molecule has 0 aliphatic carbocycles. The Kier molecular flexibility index (Phi) is 6.19. The van der Waals surface area contributed by atoms with Crippen molar-refractivity contribution in [2.45, 2.75) is 31.6 Å². The molecule has 2 aromatic carbocycles. The van der Waals surface area contributed by atoms with Crippen molar-refractivity contribution in [1.82, 2.24) is 5.16 Å². The number of aromatic nitrogens is 1. The summed E-state index contributed by atoms with van der Waals surface area (Å²) in [5, 5.41) is 10.2. The summed E-state index contributed by atoms with van der Waals surface area (Å²) in [6, 6.07) is 15.8. The number of rotatable bonds is 6. The van der Waals surface area contributed by atoms with Crippen LogP contribution in [0.25, 0.3) is 0 Å². The fourth-order valence-electron chi connectivity index (χ4n) is 2.57. The molecule has 29 heavy (non-hydrogen) atoms. The van der Waals surface area contributed by atoms with Gasteiger partial charge in [0.15, 0.2) is 10.9 Å². The highest BCUT2D eigenvalue weighted by atomic mass is 32.2. The largest absolute Gasteiger partial charge is 0.360 e. The minimum Gasteiger partial charge on any atom is -0.360 e. The van der Waals surface area contributed by atoms with Crippen molar-refractivity contribution in [1.29, 1.82) is 0 Å². The van der Waals surface area contributed by atoms with Crippen molar-refractivity contribution in [3.05, 3.63) is 65.9 Å². The normalized spacial score (nSPS) is 11.3. The molecule has 0 aliphatic heterocycles. The fraction of sp³-hybridized carbons (Fsp3) is 0.200. The van der Waals surface area contributed by atoms with Crippen molar-refractivity contribution in [3.8, 4) is 0 Å². The molecule has 1 heterocycles. The second-order valence-corrected chi connectivity index (χ2v) is 8.90. The smallest absolute Gasteiger partial charge is 0.263 e. The average Bonchev–Trinajstić information content (AvgIpc) is 3.06. The summed E-state index contributed by atoms with van der Waals surface area (Å²) in [6.45, 7) is 5.96. The van der Waals surface area contributed by atoms with E-state index in [2.05, 4.69) is 46.5 Å². The van der Waals surface area contributed by atoms with Gasteiger partial charge in [0.1, 0.15) is 5.76 Å². The van der Waals surface area contributed by atoms with Crippen LogP contribution in [-0.4, -0.2) is 18.7 Å². The number of anilines is 3. The van der Waals surface area contributed by atoms with Crippen LogP contribution in [-0.2, 0) is 10.0 Å². The minimum absolute atomic E-state index is 0.104. The molecule has 0 bridgehead atoms. The molecular weight excluding hydrogens is 408 g/mol. The molecule has 152 valence electrons. The van der Waals surface area contributed by atoms with Gasteiger partial charge in [0, 0.05) is 17.4 Å². The monoisotopic (exact) mass is 430 g/mol. The first-order valence-electron chi connectivity index (χ1n) is 8.97. The molecule has 0 unspecified atom stereocenters. The van der Waals surface area contributed by atoms with Crippen LogP contribution >= 0.6 is 12.2 Å². The number of benzene rings is 2. The highest BCUT2D eigenvalue weighted by Crippen LogP contribution is 2.19. The van der Waals surface area contributed by atoms with Gasteiger partial charge in [-0.2, -0.15) is 0 Å². The van der Waals surface area contributed by atoms with Crippen molar-refractivity contribution < 1.29 is 12.9 Å². The second-order valence-electron chi connectivity index (χ2n) is 6.81. The molecule has 3 rings (SSSR count). The first-order valence-corrected chi connectivity index (χ1v) is 10.9. The Hall–Kier alpha value is -2.91. The third-order valence-corrected chi connectivity index (χ3v) is 5.70. The summed E-state index contributed by atoms with van der Waals surface area (Å²) in [6.07, 6.45) is 0. The summed E-state index contributed by atoms with van der Waals surface area (Å²) in [5.41, 5.74) is 2.79. The zero-order chi connectivity index (χ0) is 21.0. The van der Waals surface area contributed by atoms with E-state index < -0.39 is 10.0 Å². The van der Waals surface area contributed by atoms with Gasteiger partial charge in [-0.1, -0.05) is 31.1 Å². The van der Waals surface area contributed by atoms with E-state index in [4.69, 9.17) is 16.7 Å². The predicted octanol–water partition coefficient (Wildman–Crippen LogP) is 4.72. The van der Waals surface area contributed by atoms with Crippen LogP contribution in [0, 0.1) is 6.92 Å². The third kappa shape index (κ3) is 5.55. The van der Waals surface area contributed by atoms with Crippen LogP contribution in [0.15, 0.2) is 64.0 Å². The molecule has 7 nitrogen and oxygen atoms in total. The quantitative estimate of drug-likeness (QED) is 0.487. The van der Waals surface area contributed by atoms with E-state index in [1.54, 1.807) is 19.1 Å². The van der Waals surface area contributed by atoms with E-state index >= 15 is 0 Å². The molecule has 3 aromatic rings. The average molecular weight is 431 g/mol. The molecule has 0 atom stereocenters. The molecule has 0 aliphatic rings. The maximum absolute atomic E-state index is 12.4. The molecule has 9 heteroatoms. The molecule has 3 N–H and O–H groups in total. The number of hydrogen-bond donors (Lipinski definition) is 3. The van der Waals surface area contributed by atoms with Crippen LogP contribution in [0.1, 0.15) is 31.1 Å². The van der Waals surface area contributed by atoms with E-state index in [0.29, 0.717) is 22.5 Å². The Morgan fingerprint density at radius 1 is 1.00 bits per heavy atom. The van der Waals surface area contributed by atoms with Gasteiger partial charge >= 0.3 is 0 Å². The van der Waals surface area contributed by atoms with Gasteiger partial charge in [0.2, 0.25) is 0 Å². The SMILES string of the molecule is Cc1cc(NS(=O)(=O)c2ccc(NC(=S)Nc3ccc(C(C)C)cc3)cc2)no1. The van der Waals surface area contributed by atoms with Gasteiger partial charge in [0.25, 0.3) is 10.0 Å². The van der Waals surface area contributed by atoms with E-state index in [1.165, 1.54) is 23.8 Å². The Labute approximate surface area is 175 Å². The van der Waals surface area contributed by atoms with Crippen LogP contribution in [0.2, 0.25) is 0 Å². The lowest BCUT2D eigenvalue weighted by Crippen LogP contribution is -2.19. The topological polar surface area (TPSA) is 96.3 Å². The standard InChI is InChI=1S/C20H22N4O3S2/c1-13(2)15-4-6-16(7-5-15)21-20(28)22-17-8-10-18(11-9-17)29(25,26)24-19-12-14(3)27-23-19/h4-13H,1-3H3,(H,23,24)(H2,21,22,28). The zero-order valence-corrected chi connectivity index (χ0v) is 17.9. The Balaban J connectivity index is 1.61. The summed E-state index contributed by atoms with van der Waals surface area (Å²) in [5.74, 6) is 1.12. The molecular formula is C20H22N4O3S2. The number of hydrogen-bond acceptors (Lipinski definition) is 5. The van der Waals surface area contributed by atoms with Gasteiger partial charge in [-0.3, -0.25) is 4.72 Å². The number of thiocarbonyl (C=S) groups is 1. The van der Waals surface area contributed by atoms with Crippen LogP contribution in [0.4, 0.5) is 17.2 Å². The molecule has 1 aromatic heterocycles. The lowest BCUT2D eigenvalue weighted by atomic mass is 10.0. The first kappa shape index (κ1) is 20.8. The number of nitrogens with zero attached hydrogens (tertiary/aromatic N) is 1. The van der Waals surface area contributed by atoms with Crippen LogP contribution < -0.4 is 15.4 Å². The van der Waals surface area contributed by atoms with E-state index in [-0.39, 0.29) is 10.7 Å². The molecule has 0 amide bonds. The van der Waals surface area contributed by atoms with Crippen molar-refractivity contribution in [2.24, 2.45) is 0 Å². The van der Waals surface area contributed by atoms with Crippen LogP contribution in [0.5, 0.6) is 0 Å². The summed E-state index contributed by atoms with van der Waals surface area (Å²) in [4.78, 5) is 0.104. The maximum Gasteiger partial charge on any atom is 0.263 e. The predicted molar refractivity (Wildman–Crippen MR) is 119 cm³/mol. The summed E-state index contributed by atoms with van der Waals surface area (Å²) < 4.78 is 32.1. The summed E-state index contributed by atoms with van der Waals surface area (Å²) >= 11 is 5.33. The summed E-state index contributed by atoms with van der Waals surface area (Å²) in [7, 11) is -3.75. The lowest BCUT2D eigenvalue weighted by molar-refractivity contribution is 0.400. The first-order chi connectivity index (χ1) is 13.7. The highest BCUT2D eigenvalue weighted by molar-refractivity contribution is 7.92. The number of aryl methyl sites for hydroxylation is 1. The van der Waals surface area contributed by atoms with Gasteiger partial charge in [0.05, 0.1) is 4.90 Å². The number of sulfonamides is 1. The van der Waals surface area contributed by atoms with E-state index in [0.717, 1.165) is 5.69 Å². The molecule has 0 saturated heterocycles. The number of nitrogens with one attached hydrogen (secondary N) is 3. The third-order valence-electron chi connectivity index (χ3n) is 4.12. The molecule has 0 saturated carbocycles. The Morgan fingerprint density at radius 3 is 2.03 bits per heavy atom. The van der Waals surface area contributed by atoms with E-state index in [1.807, 2.05) is 12.1 Å². The molecule has 0 spiro atoms. The maximum atomic E-state index is 12.4. The highest BCUT2D eigenvalue weighted by Gasteiger charge is 2.16. The van der Waals surface area contributed by atoms with Gasteiger partial charge in [-0.15, -0.1) is 0 Å². The van der Waals surface area contributed by atoms with Crippen molar-refractivity contribution >= 4 is 44.5 Å². The zero-order valence-electron chi connectivity index (χ0n) is 16.3. The van der Waals surface area contributed by atoms with Crippen LogP contribution in [0.3, 0.4) is 0 Å². The fourth-order valence-corrected chi connectivity index (χ4v) is 3.79. The lowest BCUT2D eigenvalue weighted by Gasteiger charge is -2.12. The second kappa shape index (κ2) is 8.62. The van der Waals surface area contributed by atoms with Gasteiger partial charge in [-0.05, 0) is 67.0 Å². The Morgan fingerprint density at radius 2 is 1.55 bits per heavy atom. The van der Waals surface area contributed by atoms with E-state index in [9.17, 15) is 8.42 Å². The minimum atomic E-state index is -3.75. The van der Waals surface area contributed by atoms with Gasteiger partial charge < -0.3 is 15.2 Å². The van der Waals surface area contributed by atoms with Gasteiger partial charge in [-0.25, -0.2) is 8.42 Å². The van der Waals surface area contributed by atoms with Crippen molar-refractivity contribution in [2.75, 3.05) is 15.4 Å².